The number of ether oxygens (including phenoxy) is 3. The predicted molar refractivity (Wildman–Crippen MR) is 141 cm³/mol. The average Bonchev–Trinajstić information content (AvgIpc) is 2.90. The Morgan fingerprint density at radius 3 is 2.58 bits per heavy atom. The first-order valence-corrected chi connectivity index (χ1v) is 12.7. The summed E-state index contributed by atoms with van der Waals surface area (Å²) >= 11 is 0. The molecule has 1 N–H and O–H groups in total. The summed E-state index contributed by atoms with van der Waals surface area (Å²) in [6.45, 7) is 10.4. The molecule has 2 aliphatic heterocycles. The summed E-state index contributed by atoms with van der Waals surface area (Å²) in [6, 6.07) is 15.4. The Morgan fingerprint density at radius 1 is 1.06 bits per heavy atom. The molecule has 1 aromatic heterocycles. The molecular weight excluding hydrogens is 456 g/mol. The van der Waals surface area contributed by atoms with E-state index >= 15 is 0 Å². The number of amides is 1. The second-order valence-corrected chi connectivity index (χ2v) is 9.48. The first-order chi connectivity index (χ1) is 17.6. The Labute approximate surface area is 212 Å². The lowest BCUT2D eigenvalue weighted by molar-refractivity contribution is -0.0699. The van der Waals surface area contributed by atoms with E-state index in [4.69, 9.17) is 14.2 Å². The van der Waals surface area contributed by atoms with E-state index in [1.54, 1.807) is 12.3 Å². The van der Waals surface area contributed by atoms with Crippen molar-refractivity contribution < 1.29 is 19.0 Å². The minimum absolute atomic E-state index is 0.165. The molecule has 0 bridgehead atoms. The second kappa shape index (κ2) is 11.2. The normalized spacial score (nSPS) is 20.9. The number of nitrogens with one attached hydrogen (secondary N) is 1. The molecule has 2 atom stereocenters. The first kappa shape index (κ1) is 24.5. The number of nitrogens with zero attached hydrogens (tertiary/aromatic N) is 3. The van der Waals surface area contributed by atoms with Crippen LogP contribution in [0.4, 0.5) is 11.5 Å². The predicted octanol–water partition coefficient (Wildman–Crippen LogP) is 3.81. The molecule has 2 saturated heterocycles. The van der Waals surface area contributed by atoms with Gasteiger partial charge in [0, 0.05) is 60.9 Å². The second-order valence-electron chi connectivity index (χ2n) is 9.48. The number of morpholine rings is 2. The third-order valence-corrected chi connectivity index (χ3v) is 6.64. The molecule has 190 valence electrons. The summed E-state index contributed by atoms with van der Waals surface area (Å²) < 4.78 is 17.5. The molecule has 3 aromatic rings. The van der Waals surface area contributed by atoms with E-state index in [9.17, 15) is 4.79 Å². The van der Waals surface area contributed by atoms with Crippen LogP contribution in [0.2, 0.25) is 0 Å². The van der Waals surface area contributed by atoms with Gasteiger partial charge in [-0.3, -0.25) is 9.69 Å². The lowest BCUT2D eigenvalue weighted by Crippen LogP contribution is -2.46. The summed E-state index contributed by atoms with van der Waals surface area (Å²) in [6.07, 6.45) is 2.16. The number of carbonyl (C=O) groups excluding carboxylic acids is 1. The van der Waals surface area contributed by atoms with E-state index in [-0.39, 0.29) is 18.1 Å². The van der Waals surface area contributed by atoms with Crippen LogP contribution in [0.15, 0.2) is 54.7 Å². The van der Waals surface area contributed by atoms with Gasteiger partial charge in [0.1, 0.15) is 18.2 Å². The monoisotopic (exact) mass is 490 g/mol. The largest absolute Gasteiger partial charge is 0.492 e. The Kier molecular flexibility index (Phi) is 7.65. The van der Waals surface area contributed by atoms with Gasteiger partial charge in [0.2, 0.25) is 0 Å². The van der Waals surface area contributed by atoms with Gasteiger partial charge < -0.3 is 24.4 Å². The highest BCUT2D eigenvalue weighted by atomic mass is 16.5. The van der Waals surface area contributed by atoms with Crippen LogP contribution < -0.4 is 15.0 Å². The maximum absolute atomic E-state index is 13.1. The maximum atomic E-state index is 13.1. The van der Waals surface area contributed by atoms with Gasteiger partial charge in [0.25, 0.3) is 5.91 Å². The van der Waals surface area contributed by atoms with Crippen LogP contribution in [0.5, 0.6) is 5.75 Å². The van der Waals surface area contributed by atoms with Gasteiger partial charge in [-0.25, -0.2) is 4.98 Å². The van der Waals surface area contributed by atoms with Crippen LogP contribution in [0.1, 0.15) is 24.2 Å². The third-order valence-electron chi connectivity index (χ3n) is 6.64. The van der Waals surface area contributed by atoms with Crippen molar-refractivity contribution in [3.63, 3.8) is 0 Å². The van der Waals surface area contributed by atoms with Gasteiger partial charge in [-0.1, -0.05) is 24.3 Å². The van der Waals surface area contributed by atoms with Crippen molar-refractivity contribution in [3.8, 4) is 5.75 Å². The van der Waals surface area contributed by atoms with Gasteiger partial charge in [-0.2, -0.15) is 0 Å². The summed E-state index contributed by atoms with van der Waals surface area (Å²) in [4.78, 5) is 22.1. The molecule has 0 aliphatic carbocycles. The van der Waals surface area contributed by atoms with Gasteiger partial charge in [0.15, 0.2) is 0 Å². The molecule has 0 spiro atoms. The zero-order valence-corrected chi connectivity index (χ0v) is 21.0. The zero-order valence-electron chi connectivity index (χ0n) is 21.0. The lowest BCUT2D eigenvalue weighted by atomic mass is 10.1. The molecule has 0 unspecified atom stereocenters. The van der Waals surface area contributed by atoms with Gasteiger partial charge >= 0.3 is 0 Å². The van der Waals surface area contributed by atoms with Crippen molar-refractivity contribution in [2.75, 3.05) is 62.8 Å². The minimum Gasteiger partial charge on any atom is -0.492 e. The van der Waals surface area contributed by atoms with Crippen molar-refractivity contribution in [2.45, 2.75) is 26.1 Å². The van der Waals surface area contributed by atoms with Crippen LogP contribution in [0, 0.1) is 0 Å². The van der Waals surface area contributed by atoms with Gasteiger partial charge in [-0.05, 0) is 38.1 Å². The standard InChI is InChI=1S/C28H34N4O4/c1-20-18-31(19-21(2)36-20)11-16-35-26-8-7-25(23-5-3-4-6-24(23)26)30-28(33)22-9-10-29-27(17-22)32-12-14-34-15-13-32/h3-10,17,20-21H,11-16,18-19H2,1-2H3,(H,30,33)/t20-,21+. The van der Waals surface area contributed by atoms with Crippen molar-refractivity contribution in [3.05, 3.63) is 60.3 Å². The van der Waals surface area contributed by atoms with E-state index in [1.165, 1.54) is 0 Å². The minimum atomic E-state index is -0.165. The average molecular weight is 491 g/mol. The Bertz CT molecular complexity index is 1190. The third kappa shape index (κ3) is 5.78. The van der Waals surface area contributed by atoms with E-state index in [0.29, 0.717) is 25.4 Å². The smallest absolute Gasteiger partial charge is 0.255 e. The molecule has 8 heteroatoms. The fourth-order valence-electron chi connectivity index (χ4n) is 4.98. The number of aromatic nitrogens is 1. The number of hydrogen-bond donors (Lipinski definition) is 1. The summed E-state index contributed by atoms with van der Waals surface area (Å²) in [5.41, 5.74) is 1.33. The summed E-state index contributed by atoms with van der Waals surface area (Å²) in [5, 5.41) is 5.01. The summed E-state index contributed by atoms with van der Waals surface area (Å²) in [7, 11) is 0. The fraction of sp³-hybridized carbons (Fsp3) is 0.429. The number of benzene rings is 2. The molecule has 2 aromatic carbocycles. The fourth-order valence-corrected chi connectivity index (χ4v) is 4.98. The molecule has 0 saturated carbocycles. The molecular formula is C28H34N4O4. The highest BCUT2D eigenvalue weighted by Gasteiger charge is 2.22. The van der Waals surface area contributed by atoms with Crippen molar-refractivity contribution in [1.29, 1.82) is 0 Å². The molecule has 8 nitrogen and oxygen atoms in total. The van der Waals surface area contributed by atoms with Crippen LogP contribution in [-0.2, 0) is 9.47 Å². The highest BCUT2D eigenvalue weighted by molar-refractivity contribution is 6.10. The molecule has 3 heterocycles. The van der Waals surface area contributed by atoms with E-state index in [2.05, 4.69) is 33.9 Å². The Balaban J connectivity index is 1.27. The molecule has 0 radical (unpaired) electrons. The van der Waals surface area contributed by atoms with E-state index < -0.39 is 0 Å². The quantitative estimate of drug-likeness (QED) is 0.540. The molecule has 2 aliphatic rings. The van der Waals surface area contributed by atoms with Crippen molar-refractivity contribution in [2.24, 2.45) is 0 Å². The number of rotatable bonds is 7. The molecule has 2 fully saturated rings. The zero-order chi connectivity index (χ0) is 24.9. The number of pyridine rings is 1. The highest BCUT2D eigenvalue weighted by Crippen LogP contribution is 2.32. The van der Waals surface area contributed by atoms with Gasteiger partial charge in [0.05, 0.1) is 25.4 Å². The Hall–Kier alpha value is -3.20. The van der Waals surface area contributed by atoms with E-state index in [0.717, 1.165) is 60.8 Å². The van der Waals surface area contributed by atoms with Crippen LogP contribution >= 0.6 is 0 Å². The molecule has 1 amide bonds. The molecule has 5 rings (SSSR count). The van der Waals surface area contributed by atoms with E-state index in [1.807, 2.05) is 42.5 Å². The van der Waals surface area contributed by atoms with Crippen LogP contribution in [0.25, 0.3) is 10.8 Å². The Morgan fingerprint density at radius 2 is 1.81 bits per heavy atom. The lowest BCUT2D eigenvalue weighted by Gasteiger charge is -2.35. The number of anilines is 2. The first-order valence-electron chi connectivity index (χ1n) is 12.7. The number of fused-ring (bicyclic) bond motifs is 1. The number of hydrogen-bond acceptors (Lipinski definition) is 7. The van der Waals surface area contributed by atoms with Gasteiger partial charge in [-0.15, -0.1) is 0 Å². The SMILES string of the molecule is C[C@@H]1CN(CCOc2ccc(NC(=O)c3ccnc(N4CCOCC4)c3)c3ccccc23)C[C@H](C)O1. The van der Waals surface area contributed by atoms with Crippen LogP contribution in [0.3, 0.4) is 0 Å². The number of carbonyl (C=O) groups is 1. The summed E-state index contributed by atoms with van der Waals surface area (Å²) in [5.74, 6) is 1.45. The van der Waals surface area contributed by atoms with Crippen molar-refractivity contribution in [1.82, 2.24) is 9.88 Å². The van der Waals surface area contributed by atoms with Crippen LogP contribution in [-0.4, -0.2) is 80.5 Å². The van der Waals surface area contributed by atoms with Crippen molar-refractivity contribution >= 4 is 28.2 Å². The molecule has 36 heavy (non-hydrogen) atoms. The maximum Gasteiger partial charge on any atom is 0.255 e. The topological polar surface area (TPSA) is 76.2 Å².